The van der Waals surface area contributed by atoms with Crippen molar-refractivity contribution in [3.05, 3.63) is 92.9 Å². The zero-order valence-electron chi connectivity index (χ0n) is 17.7. The Morgan fingerprint density at radius 3 is 2.39 bits per heavy atom. The molecule has 0 saturated carbocycles. The first-order chi connectivity index (χ1) is 15.7. The highest BCUT2D eigenvalue weighted by Crippen LogP contribution is 2.32. The summed E-state index contributed by atoms with van der Waals surface area (Å²) >= 11 is 18.1. The molecule has 4 rings (SSSR count). The molecule has 3 aromatic carbocycles. The molecule has 172 valence electrons. The molecule has 1 amide bonds. The van der Waals surface area contributed by atoms with Gasteiger partial charge in [-0.25, -0.2) is 8.42 Å². The van der Waals surface area contributed by atoms with Crippen LogP contribution in [0.3, 0.4) is 0 Å². The first-order valence-electron chi connectivity index (χ1n) is 10.3. The molecule has 1 aliphatic rings. The summed E-state index contributed by atoms with van der Waals surface area (Å²) in [4.78, 5) is 15.1. The van der Waals surface area contributed by atoms with Gasteiger partial charge in [-0.2, -0.15) is 4.31 Å². The highest BCUT2D eigenvalue weighted by Gasteiger charge is 2.34. The number of amides is 1. The van der Waals surface area contributed by atoms with Gasteiger partial charge in [0, 0.05) is 23.3 Å². The van der Waals surface area contributed by atoms with Crippen LogP contribution in [-0.4, -0.2) is 31.2 Å². The molecule has 0 saturated heterocycles. The number of anilines is 1. The first kappa shape index (κ1) is 24.0. The normalized spacial score (nSPS) is 15.7. The van der Waals surface area contributed by atoms with Gasteiger partial charge in [-0.3, -0.25) is 4.79 Å². The van der Waals surface area contributed by atoms with E-state index < -0.39 is 10.0 Å². The van der Waals surface area contributed by atoms with Crippen molar-refractivity contribution in [3.63, 3.8) is 0 Å². The maximum absolute atomic E-state index is 13.5. The van der Waals surface area contributed by atoms with E-state index >= 15 is 0 Å². The number of para-hydroxylation sites is 1. The van der Waals surface area contributed by atoms with Crippen molar-refractivity contribution in [1.82, 2.24) is 4.31 Å². The Kier molecular flexibility index (Phi) is 7.03. The number of sulfonamides is 1. The summed E-state index contributed by atoms with van der Waals surface area (Å²) in [6.45, 7) is 1.58. The van der Waals surface area contributed by atoms with E-state index in [1.54, 1.807) is 23.1 Å². The van der Waals surface area contributed by atoms with Crippen LogP contribution in [-0.2, 0) is 27.8 Å². The molecule has 0 bridgehead atoms. The van der Waals surface area contributed by atoms with E-state index in [0.29, 0.717) is 20.6 Å². The molecule has 1 heterocycles. The number of rotatable bonds is 6. The number of benzene rings is 3. The van der Waals surface area contributed by atoms with Gasteiger partial charge in [0.15, 0.2) is 0 Å². The molecule has 0 aromatic heterocycles. The molecular weight excluding hydrogens is 503 g/mol. The topological polar surface area (TPSA) is 57.7 Å². The molecule has 3 aromatic rings. The van der Waals surface area contributed by atoms with Gasteiger partial charge >= 0.3 is 0 Å². The van der Waals surface area contributed by atoms with E-state index in [9.17, 15) is 13.2 Å². The van der Waals surface area contributed by atoms with Crippen molar-refractivity contribution < 1.29 is 13.2 Å². The standard InChI is InChI=1S/C24H21Cl3N2O3S/c1-16-12-18-4-2-3-5-23(18)29(16)24(30)15-28(14-17-6-11-21(26)22(27)13-17)33(31,32)20-9-7-19(25)8-10-20/h2-11,13,16H,12,14-15H2,1H3/t16-/m1/s1. The zero-order valence-corrected chi connectivity index (χ0v) is 20.8. The summed E-state index contributed by atoms with van der Waals surface area (Å²) in [6.07, 6.45) is 0.721. The minimum atomic E-state index is -4.01. The SMILES string of the molecule is C[C@@H]1Cc2ccccc2N1C(=O)CN(Cc1ccc(Cl)c(Cl)c1)S(=O)(=O)c1ccc(Cl)cc1. The Bertz CT molecular complexity index is 1300. The Balaban J connectivity index is 1.68. The fourth-order valence-corrected chi connectivity index (χ4v) is 5.82. The van der Waals surface area contributed by atoms with Crippen LogP contribution in [0.4, 0.5) is 5.69 Å². The highest BCUT2D eigenvalue weighted by atomic mass is 35.5. The summed E-state index contributed by atoms with van der Waals surface area (Å²) < 4.78 is 28.2. The van der Waals surface area contributed by atoms with Gasteiger partial charge in [-0.05, 0) is 66.9 Å². The number of nitrogens with zero attached hydrogens (tertiary/aromatic N) is 2. The predicted octanol–water partition coefficient (Wildman–Crippen LogP) is 5.82. The van der Waals surface area contributed by atoms with Crippen molar-refractivity contribution in [2.24, 2.45) is 0 Å². The maximum Gasteiger partial charge on any atom is 0.243 e. The summed E-state index contributed by atoms with van der Waals surface area (Å²) in [5.74, 6) is -0.301. The average Bonchev–Trinajstić information content (AvgIpc) is 3.11. The van der Waals surface area contributed by atoms with Gasteiger partial charge in [-0.1, -0.05) is 59.1 Å². The number of hydrogen-bond donors (Lipinski definition) is 0. The minimum Gasteiger partial charge on any atom is -0.308 e. The quantitative estimate of drug-likeness (QED) is 0.409. The van der Waals surface area contributed by atoms with Crippen LogP contribution in [0.25, 0.3) is 0 Å². The van der Waals surface area contributed by atoms with Crippen molar-refractivity contribution in [2.75, 3.05) is 11.4 Å². The van der Waals surface area contributed by atoms with E-state index in [1.807, 2.05) is 31.2 Å². The van der Waals surface area contributed by atoms with E-state index in [0.717, 1.165) is 22.0 Å². The molecule has 1 atom stereocenters. The van der Waals surface area contributed by atoms with Crippen molar-refractivity contribution >= 4 is 56.4 Å². The van der Waals surface area contributed by atoms with E-state index in [4.69, 9.17) is 34.8 Å². The third-order valence-electron chi connectivity index (χ3n) is 5.58. The van der Waals surface area contributed by atoms with E-state index in [2.05, 4.69) is 0 Å². The monoisotopic (exact) mass is 522 g/mol. The molecule has 0 radical (unpaired) electrons. The van der Waals surface area contributed by atoms with Gasteiger partial charge in [-0.15, -0.1) is 0 Å². The van der Waals surface area contributed by atoms with Crippen LogP contribution in [0.5, 0.6) is 0 Å². The first-order valence-corrected chi connectivity index (χ1v) is 12.8. The molecular formula is C24H21Cl3N2O3S. The fourth-order valence-electron chi connectivity index (χ4n) is 4.00. The van der Waals surface area contributed by atoms with Gasteiger partial charge in [0.1, 0.15) is 0 Å². The number of fused-ring (bicyclic) bond motifs is 1. The Morgan fingerprint density at radius 2 is 1.70 bits per heavy atom. The Morgan fingerprint density at radius 1 is 1.00 bits per heavy atom. The molecule has 0 aliphatic carbocycles. The molecule has 9 heteroatoms. The second kappa shape index (κ2) is 9.65. The summed E-state index contributed by atoms with van der Waals surface area (Å²) in [5.41, 5.74) is 2.49. The largest absolute Gasteiger partial charge is 0.308 e. The summed E-state index contributed by atoms with van der Waals surface area (Å²) in [7, 11) is -4.01. The number of carbonyl (C=O) groups is 1. The number of carbonyl (C=O) groups excluding carboxylic acids is 1. The molecule has 0 N–H and O–H groups in total. The molecule has 0 fully saturated rings. The molecule has 5 nitrogen and oxygen atoms in total. The smallest absolute Gasteiger partial charge is 0.243 e. The highest BCUT2D eigenvalue weighted by molar-refractivity contribution is 7.89. The number of hydrogen-bond acceptors (Lipinski definition) is 3. The second-order valence-electron chi connectivity index (χ2n) is 7.92. The van der Waals surface area contributed by atoms with Gasteiger partial charge < -0.3 is 4.90 Å². The number of halogens is 3. The molecule has 0 unspecified atom stereocenters. The summed E-state index contributed by atoms with van der Waals surface area (Å²) in [5, 5.41) is 1.10. The zero-order chi connectivity index (χ0) is 23.8. The van der Waals surface area contributed by atoms with Crippen LogP contribution in [0, 0.1) is 0 Å². The predicted molar refractivity (Wildman–Crippen MR) is 133 cm³/mol. The molecule has 0 spiro atoms. The lowest BCUT2D eigenvalue weighted by Gasteiger charge is -2.27. The van der Waals surface area contributed by atoms with Crippen LogP contribution in [0.2, 0.25) is 15.1 Å². The third-order valence-corrected chi connectivity index (χ3v) is 8.38. The Labute approximate surface area is 208 Å². The summed E-state index contributed by atoms with van der Waals surface area (Å²) in [6, 6.07) is 18.4. The maximum atomic E-state index is 13.5. The lowest BCUT2D eigenvalue weighted by Crippen LogP contribution is -2.44. The van der Waals surface area contributed by atoms with Crippen molar-refractivity contribution in [2.45, 2.75) is 30.8 Å². The van der Waals surface area contributed by atoms with E-state index in [1.165, 1.54) is 24.3 Å². The van der Waals surface area contributed by atoms with Gasteiger partial charge in [0.05, 0.1) is 21.5 Å². The van der Waals surface area contributed by atoms with Crippen LogP contribution in [0.15, 0.2) is 71.6 Å². The van der Waals surface area contributed by atoms with Gasteiger partial charge in [0.25, 0.3) is 0 Å². The van der Waals surface area contributed by atoms with Crippen LogP contribution < -0.4 is 4.90 Å². The fraction of sp³-hybridized carbons (Fsp3) is 0.208. The lowest BCUT2D eigenvalue weighted by molar-refractivity contribution is -0.119. The second-order valence-corrected chi connectivity index (χ2v) is 11.1. The van der Waals surface area contributed by atoms with Gasteiger partial charge in [0.2, 0.25) is 15.9 Å². The Hall–Kier alpha value is -2.09. The third kappa shape index (κ3) is 5.05. The van der Waals surface area contributed by atoms with Crippen molar-refractivity contribution in [3.8, 4) is 0 Å². The molecule has 33 heavy (non-hydrogen) atoms. The van der Waals surface area contributed by atoms with Crippen LogP contribution in [0.1, 0.15) is 18.1 Å². The van der Waals surface area contributed by atoms with Crippen molar-refractivity contribution in [1.29, 1.82) is 0 Å². The van der Waals surface area contributed by atoms with E-state index in [-0.39, 0.29) is 29.9 Å². The molecule has 1 aliphatic heterocycles. The van der Waals surface area contributed by atoms with Crippen LogP contribution >= 0.6 is 34.8 Å². The lowest BCUT2D eigenvalue weighted by atomic mass is 10.1. The average molecular weight is 524 g/mol. The minimum absolute atomic E-state index is 0.0442.